The molecule has 0 saturated heterocycles. The number of sulfonamides is 1. The molecule has 0 aliphatic rings. The number of nitrogens with zero attached hydrogens (tertiary/aromatic N) is 2. The molecule has 0 saturated carbocycles. The predicted octanol–water partition coefficient (Wildman–Crippen LogP) is 6.44. The molecule has 3 aromatic carbocycles. The number of aromatic nitrogens is 2. The Hall–Kier alpha value is -4.08. The fourth-order valence-corrected chi connectivity index (χ4v) is 5.63. The summed E-state index contributed by atoms with van der Waals surface area (Å²) in [7, 11) is -3.99. The molecule has 0 spiro atoms. The molecule has 2 N–H and O–H groups in total. The fraction of sp³-hybridized carbons (Fsp3) is 0.303. The number of aryl methyl sites for hydroxylation is 1. The summed E-state index contributed by atoms with van der Waals surface area (Å²) in [5.41, 5.74) is 4.20. The van der Waals surface area contributed by atoms with Crippen molar-refractivity contribution in [3.8, 4) is 28.3 Å². The zero-order valence-electron chi connectivity index (χ0n) is 24.0. The first kappa shape index (κ1) is 30.9. The van der Waals surface area contributed by atoms with Gasteiger partial charge >= 0.3 is 5.97 Å². The van der Waals surface area contributed by atoms with Gasteiger partial charge in [0.1, 0.15) is 11.8 Å². The van der Waals surface area contributed by atoms with E-state index in [-0.39, 0.29) is 11.3 Å². The molecule has 0 fully saturated rings. The minimum absolute atomic E-state index is 0.0148. The monoisotopic (exact) mass is 587 g/mol. The highest BCUT2D eigenvalue weighted by Gasteiger charge is 2.25. The minimum atomic E-state index is -3.99. The lowest BCUT2D eigenvalue weighted by molar-refractivity contribution is -0.138. The van der Waals surface area contributed by atoms with Crippen molar-refractivity contribution in [1.29, 1.82) is 0 Å². The van der Waals surface area contributed by atoms with E-state index in [2.05, 4.69) is 21.6 Å². The van der Waals surface area contributed by atoms with Crippen LogP contribution in [0.3, 0.4) is 0 Å². The number of unbranched alkanes of at least 4 members (excludes halogenated alkanes) is 4. The maximum Gasteiger partial charge on any atom is 0.322 e. The topological polar surface area (TPSA) is 118 Å². The summed E-state index contributed by atoms with van der Waals surface area (Å²) in [4.78, 5) is 20.9. The van der Waals surface area contributed by atoms with Gasteiger partial charge in [0, 0.05) is 23.5 Å². The van der Waals surface area contributed by atoms with Crippen LogP contribution in [0.25, 0.3) is 22.5 Å². The van der Waals surface area contributed by atoms with Gasteiger partial charge in [-0.25, -0.2) is 18.4 Å². The molecule has 1 aromatic heterocycles. The van der Waals surface area contributed by atoms with Gasteiger partial charge < -0.3 is 9.84 Å². The summed E-state index contributed by atoms with van der Waals surface area (Å²) in [5.74, 6) is 0.124. The Morgan fingerprint density at radius 2 is 1.45 bits per heavy atom. The van der Waals surface area contributed by atoms with Crippen LogP contribution in [0.5, 0.6) is 5.75 Å². The van der Waals surface area contributed by atoms with E-state index in [4.69, 9.17) is 4.74 Å². The summed E-state index contributed by atoms with van der Waals surface area (Å²) in [6.45, 7) is 4.78. The Kier molecular flexibility index (Phi) is 10.8. The molecule has 8 nitrogen and oxygen atoms in total. The highest BCUT2D eigenvalue weighted by molar-refractivity contribution is 7.89. The summed E-state index contributed by atoms with van der Waals surface area (Å²) >= 11 is 0. The van der Waals surface area contributed by atoms with Crippen molar-refractivity contribution >= 4 is 16.0 Å². The van der Waals surface area contributed by atoms with Crippen LogP contribution in [-0.4, -0.2) is 42.1 Å². The second kappa shape index (κ2) is 14.7. The summed E-state index contributed by atoms with van der Waals surface area (Å²) < 4.78 is 33.6. The lowest BCUT2D eigenvalue weighted by atomic mass is 10.0. The minimum Gasteiger partial charge on any atom is -0.494 e. The largest absolute Gasteiger partial charge is 0.494 e. The van der Waals surface area contributed by atoms with Gasteiger partial charge in [0.15, 0.2) is 5.82 Å². The molecule has 0 bridgehead atoms. The Morgan fingerprint density at radius 1 is 0.833 bits per heavy atom. The van der Waals surface area contributed by atoms with Crippen LogP contribution < -0.4 is 9.46 Å². The molecule has 0 radical (unpaired) electrons. The average molecular weight is 588 g/mol. The molecule has 1 unspecified atom stereocenters. The van der Waals surface area contributed by atoms with Gasteiger partial charge in [0.05, 0.1) is 11.5 Å². The molecule has 0 aliphatic heterocycles. The molecule has 220 valence electrons. The average Bonchev–Trinajstić information content (AvgIpc) is 2.99. The fourth-order valence-electron chi connectivity index (χ4n) is 4.44. The van der Waals surface area contributed by atoms with E-state index in [0.29, 0.717) is 11.4 Å². The number of hydrogen-bond acceptors (Lipinski definition) is 6. The van der Waals surface area contributed by atoms with E-state index in [1.54, 1.807) is 48.8 Å². The number of nitrogens with one attached hydrogen (secondary N) is 1. The second-order valence-electron chi connectivity index (χ2n) is 10.3. The van der Waals surface area contributed by atoms with E-state index in [9.17, 15) is 18.3 Å². The number of hydrogen-bond donors (Lipinski definition) is 2. The normalized spacial score (nSPS) is 12.1. The molecule has 4 aromatic rings. The zero-order chi connectivity index (χ0) is 30.0. The van der Waals surface area contributed by atoms with E-state index in [0.717, 1.165) is 41.0 Å². The first-order valence-corrected chi connectivity index (χ1v) is 15.7. The second-order valence-corrected chi connectivity index (χ2v) is 12.0. The van der Waals surface area contributed by atoms with Gasteiger partial charge in [-0.15, -0.1) is 0 Å². The SMILES string of the molecule is CCCCCCCOc1ccc(-c2cnc(-c3ccc(CC(NS(=O)(=O)c4ccc(C)cc4)C(=O)O)cc3)nc2)cc1. The van der Waals surface area contributed by atoms with Crippen molar-refractivity contribution in [2.45, 2.75) is 63.3 Å². The van der Waals surface area contributed by atoms with Crippen LogP contribution in [0.2, 0.25) is 0 Å². The van der Waals surface area contributed by atoms with Crippen molar-refractivity contribution in [3.05, 3.63) is 96.3 Å². The number of carboxylic acids is 1. The van der Waals surface area contributed by atoms with E-state index in [1.807, 2.05) is 31.2 Å². The van der Waals surface area contributed by atoms with E-state index >= 15 is 0 Å². The lowest BCUT2D eigenvalue weighted by Gasteiger charge is -2.15. The number of ether oxygens (including phenoxy) is 1. The first-order chi connectivity index (χ1) is 20.2. The smallest absolute Gasteiger partial charge is 0.322 e. The maximum atomic E-state index is 12.7. The number of aliphatic carboxylic acids is 1. The molecule has 1 atom stereocenters. The van der Waals surface area contributed by atoms with Crippen LogP contribution in [0, 0.1) is 6.92 Å². The Balaban J connectivity index is 1.35. The maximum absolute atomic E-state index is 12.7. The molecule has 9 heteroatoms. The van der Waals surface area contributed by atoms with Gasteiger partial charge in [0.25, 0.3) is 0 Å². The Morgan fingerprint density at radius 3 is 2.07 bits per heavy atom. The van der Waals surface area contributed by atoms with Crippen LogP contribution in [-0.2, 0) is 21.2 Å². The highest BCUT2D eigenvalue weighted by atomic mass is 32.2. The quantitative estimate of drug-likeness (QED) is 0.154. The summed E-state index contributed by atoms with van der Waals surface area (Å²) in [5, 5.41) is 9.68. The molecule has 42 heavy (non-hydrogen) atoms. The number of benzene rings is 3. The van der Waals surface area contributed by atoms with Crippen LogP contribution >= 0.6 is 0 Å². The Labute approximate surface area is 247 Å². The van der Waals surface area contributed by atoms with Crippen molar-refractivity contribution in [3.63, 3.8) is 0 Å². The van der Waals surface area contributed by atoms with Gasteiger partial charge in [0.2, 0.25) is 10.0 Å². The zero-order valence-corrected chi connectivity index (χ0v) is 24.8. The highest BCUT2D eigenvalue weighted by Crippen LogP contribution is 2.24. The lowest BCUT2D eigenvalue weighted by Crippen LogP contribution is -2.42. The van der Waals surface area contributed by atoms with Crippen LogP contribution in [0.15, 0.2) is 90.1 Å². The van der Waals surface area contributed by atoms with Crippen LogP contribution in [0.4, 0.5) is 0 Å². The van der Waals surface area contributed by atoms with Crippen LogP contribution in [0.1, 0.15) is 50.2 Å². The molecule has 1 heterocycles. The molecule has 0 aliphatic carbocycles. The van der Waals surface area contributed by atoms with Gasteiger partial charge in [-0.3, -0.25) is 4.79 Å². The van der Waals surface area contributed by atoms with Gasteiger partial charge in [-0.1, -0.05) is 86.7 Å². The van der Waals surface area contributed by atoms with Gasteiger partial charge in [-0.05, 0) is 55.2 Å². The summed E-state index contributed by atoms with van der Waals surface area (Å²) in [6.07, 6.45) is 9.53. The Bertz CT molecular complexity index is 1540. The van der Waals surface area contributed by atoms with E-state index in [1.165, 1.54) is 37.8 Å². The third-order valence-corrected chi connectivity index (χ3v) is 8.42. The predicted molar refractivity (Wildman–Crippen MR) is 164 cm³/mol. The number of rotatable bonds is 15. The number of carbonyl (C=O) groups is 1. The van der Waals surface area contributed by atoms with E-state index < -0.39 is 22.0 Å². The molecule has 0 amide bonds. The first-order valence-electron chi connectivity index (χ1n) is 14.2. The van der Waals surface area contributed by atoms with Crippen molar-refractivity contribution in [2.75, 3.05) is 6.61 Å². The molecular formula is C33H37N3O5S. The third kappa shape index (κ3) is 8.71. The summed E-state index contributed by atoms with van der Waals surface area (Å²) in [6, 6.07) is 19.9. The molecular weight excluding hydrogens is 550 g/mol. The van der Waals surface area contributed by atoms with Crippen molar-refractivity contribution < 1.29 is 23.1 Å². The van der Waals surface area contributed by atoms with Crippen molar-refractivity contribution in [1.82, 2.24) is 14.7 Å². The van der Waals surface area contributed by atoms with Gasteiger partial charge in [-0.2, -0.15) is 4.72 Å². The van der Waals surface area contributed by atoms with Crippen molar-refractivity contribution in [2.24, 2.45) is 0 Å². The molecule has 4 rings (SSSR count). The number of carboxylic acid groups (broad SMARTS) is 1. The third-order valence-electron chi connectivity index (χ3n) is 6.93. The standard InChI is InChI=1S/C33H37N3O5S/c1-3-4-5-6-7-20-41-29-16-14-26(15-17-29)28-22-34-32(35-23-28)27-12-10-25(11-13-27)21-31(33(37)38)36-42(39,40)30-18-8-24(2)9-19-30/h8-19,22-23,31,36H,3-7,20-21H2,1-2H3,(H,37,38).